The smallest absolute Gasteiger partial charge is 0.237 e. The molecule has 3 heterocycles. The highest BCUT2D eigenvalue weighted by atomic mass is 79.9. The Morgan fingerprint density at radius 2 is 2.21 bits per heavy atom. The third-order valence-electron chi connectivity index (χ3n) is 2.29. The lowest BCUT2D eigenvalue weighted by Gasteiger charge is -1.96. The molecule has 0 spiro atoms. The van der Waals surface area contributed by atoms with Crippen molar-refractivity contribution >= 4 is 27.7 Å². The molecule has 0 atom stereocenters. The summed E-state index contributed by atoms with van der Waals surface area (Å²) >= 11 is 4.89. The van der Waals surface area contributed by atoms with Gasteiger partial charge >= 0.3 is 0 Å². The van der Waals surface area contributed by atoms with E-state index in [0.29, 0.717) is 17.5 Å². The first-order valence-corrected chi connectivity index (χ1v) is 7.18. The lowest BCUT2D eigenvalue weighted by Crippen LogP contribution is -1.83. The average Bonchev–Trinajstić information content (AvgIpc) is 3.09. The number of nitrogens with zero attached hydrogens (tertiary/aromatic N) is 3. The van der Waals surface area contributed by atoms with E-state index in [4.69, 9.17) is 8.94 Å². The highest BCUT2D eigenvalue weighted by Crippen LogP contribution is 2.23. The third kappa shape index (κ3) is 3.05. The van der Waals surface area contributed by atoms with Crippen molar-refractivity contribution in [1.29, 1.82) is 0 Å². The standard InChI is InChI=1S/C12H8BrN3O2S/c13-9-1-2-11(14-5-9)19-7-10-15-12(16-18-10)8-3-4-17-6-8/h1-6H,7H2. The third-order valence-corrected chi connectivity index (χ3v) is 3.69. The number of aromatic nitrogens is 3. The summed E-state index contributed by atoms with van der Waals surface area (Å²) in [6.07, 6.45) is 4.91. The summed E-state index contributed by atoms with van der Waals surface area (Å²) in [6, 6.07) is 5.67. The molecule has 0 amide bonds. The van der Waals surface area contributed by atoms with Crippen molar-refractivity contribution in [3.8, 4) is 11.4 Å². The minimum atomic E-state index is 0.535. The molecule has 19 heavy (non-hydrogen) atoms. The fourth-order valence-corrected chi connectivity index (χ4v) is 2.32. The van der Waals surface area contributed by atoms with Gasteiger partial charge in [0.05, 0.1) is 22.6 Å². The van der Waals surface area contributed by atoms with Crippen molar-refractivity contribution in [3.05, 3.63) is 47.3 Å². The van der Waals surface area contributed by atoms with Crippen LogP contribution in [0.15, 0.2) is 55.4 Å². The molecule has 0 aliphatic carbocycles. The van der Waals surface area contributed by atoms with Crippen LogP contribution in [0.4, 0.5) is 0 Å². The highest BCUT2D eigenvalue weighted by molar-refractivity contribution is 9.10. The Bertz CT molecular complexity index is 652. The maximum atomic E-state index is 5.17. The fourth-order valence-electron chi connectivity index (χ4n) is 1.41. The number of hydrogen-bond donors (Lipinski definition) is 0. The van der Waals surface area contributed by atoms with E-state index in [1.165, 1.54) is 0 Å². The van der Waals surface area contributed by atoms with Crippen LogP contribution in [-0.2, 0) is 5.75 Å². The van der Waals surface area contributed by atoms with E-state index in [1.54, 1.807) is 36.6 Å². The Labute approximate surface area is 121 Å². The summed E-state index contributed by atoms with van der Waals surface area (Å²) in [6.45, 7) is 0. The van der Waals surface area contributed by atoms with Crippen molar-refractivity contribution in [2.75, 3.05) is 0 Å². The van der Waals surface area contributed by atoms with Crippen LogP contribution in [0.3, 0.4) is 0 Å². The number of thioether (sulfide) groups is 1. The molecule has 7 heteroatoms. The lowest BCUT2D eigenvalue weighted by atomic mass is 10.3. The topological polar surface area (TPSA) is 65.0 Å². The van der Waals surface area contributed by atoms with E-state index < -0.39 is 0 Å². The average molecular weight is 338 g/mol. The zero-order chi connectivity index (χ0) is 13.1. The van der Waals surface area contributed by atoms with Gasteiger partial charge in [-0.15, -0.1) is 0 Å². The molecular formula is C12H8BrN3O2S. The molecule has 0 N–H and O–H groups in total. The molecule has 0 saturated carbocycles. The first kappa shape index (κ1) is 12.4. The van der Waals surface area contributed by atoms with Crippen molar-refractivity contribution in [1.82, 2.24) is 15.1 Å². The molecule has 3 aromatic heterocycles. The van der Waals surface area contributed by atoms with Crippen LogP contribution in [0.5, 0.6) is 0 Å². The molecule has 0 aromatic carbocycles. The number of hydrogen-bond acceptors (Lipinski definition) is 6. The second-order valence-corrected chi connectivity index (χ2v) is 5.54. The Morgan fingerprint density at radius 3 is 2.95 bits per heavy atom. The molecule has 3 aromatic rings. The normalized spacial score (nSPS) is 10.8. The summed E-state index contributed by atoms with van der Waals surface area (Å²) in [5.74, 6) is 1.68. The van der Waals surface area contributed by atoms with Crippen LogP contribution in [0.1, 0.15) is 5.89 Å². The maximum Gasteiger partial charge on any atom is 0.237 e. The number of halogens is 1. The summed E-state index contributed by atoms with van der Waals surface area (Å²) in [5, 5.41) is 4.81. The fraction of sp³-hybridized carbons (Fsp3) is 0.0833. The second-order valence-electron chi connectivity index (χ2n) is 3.63. The Kier molecular flexibility index (Phi) is 3.65. The van der Waals surface area contributed by atoms with Gasteiger partial charge in [0.15, 0.2) is 0 Å². The zero-order valence-corrected chi connectivity index (χ0v) is 12.0. The van der Waals surface area contributed by atoms with Gasteiger partial charge in [0.2, 0.25) is 11.7 Å². The first-order chi connectivity index (χ1) is 9.31. The molecule has 0 saturated heterocycles. The van der Waals surface area contributed by atoms with Crippen molar-refractivity contribution in [2.45, 2.75) is 10.8 Å². The molecule has 5 nitrogen and oxygen atoms in total. The second kappa shape index (κ2) is 5.58. The van der Waals surface area contributed by atoms with E-state index in [9.17, 15) is 0 Å². The van der Waals surface area contributed by atoms with Crippen LogP contribution in [0.25, 0.3) is 11.4 Å². The van der Waals surface area contributed by atoms with Gasteiger partial charge in [0.1, 0.15) is 6.26 Å². The highest BCUT2D eigenvalue weighted by Gasteiger charge is 2.10. The van der Waals surface area contributed by atoms with Gasteiger partial charge in [0, 0.05) is 10.7 Å². The molecular weight excluding hydrogens is 330 g/mol. The zero-order valence-electron chi connectivity index (χ0n) is 9.62. The van der Waals surface area contributed by atoms with Crippen molar-refractivity contribution in [3.63, 3.8) is 0 Å². The van der Waals surface area contributed by atoms with Crippen molar-refractivity contribution in [2.24, 2.45) is 0 Å². The monoisotopic (exact) mass is 337 g/mol. The lowest BCUT2D eigenvalue weighted by molar-refractivity contribution is 0.391. The molecule has 0 aliphatic rings. The van der Waals surface area contributed by atoms with E-state index in [-0.39, 0.29) is 0 Å². The minimum Gasteiger partial charge on any atom is -0.472 e. The molecule has 96 valence electrons. The number of furan rings is 1. The first-order valence-electron chi connectivity index (χ1n) is 5.41. The summed E-state index contributed by atoms with van der Waals surface area (Å²) in [4.78, 5) is 8.55. The summed E-state index contributed by atoms with van der Waals surface area (Å²) in [7, 11) is 0. The van der Waals surface area contributed by atoms with Crippen LogP contribution in [0.2, 0.25) is 0 Å². The SMILES string of the molecule is Brc1ccc(SCc2nc(-c3ccoc3)no2)nc1. The molecule has 0 bridgehead atoms. The van der Waals surface area contributed by atoms with Gasteiger partial charge in [-0.1, -0.05) is 16.9 Å². The van der Waals surface area contributed by atoms with Gasteiger partial charge < -0.3 is 8.94 Å². The minimum absolute atomic E-state index is 0.535. The molecule has 0 fully saturated rings. The molecule has 0 radical (unpaired) electrons. The number of pyridine rings is 1. The Balaban J connectivity index is 1.66. The van der Waals surface area contributed by atoms with Crippen LogP contribution in [0, 0.1) is 0 Å². The van der Waals surface area contributed by atoms with E-state index in [1.807, 2.05) is 12.1 Å². The van der Waals surface area contributed by atoms with Crippen LogP contribution in [-0.4, -0.2) is 15.1 Å². The predicted octanol–water partition coefficient (Wildman–Crippen LogP) is 3.78. The molecule has 0 unspecified atom stereocenters. The van der Waals surface area contributed by atoms with Gasteiger partial charge in [-0.25, -0.2) is 4.98 Å². The van der Waals surface area contributed by atoms with Gasteiger partial charge in [-0.05, 0) is 34.1 Å². The van der Waals surface area contributed by atoms with E-state index >= 15 is 0 Å². The largest absolute Gasteiger partial charge is 0.472 e. The molecule has 3 rings (SSSR count). The quantitative estimate of drug-likeness (QED) is 0.675. The van der Waals surface area contributed by atoms with Gasteiger partial charge in [-0.3, -0.25) is 0 Å². The summed E-state index contributed by atoms with van der Waals surface area (Å²) in [5.41, 5.74) is 0.807. The number of rotatable bonds is 4. The Hall–Kier alpha value is -1.60. The van der Waals surface area contributed by atoms with E-state index in [0.717, 1.165) is 15.1 Å². The molecule has 0 aliphatic heterocycles. The summed E-state index contributed by atoms with van der Waals surface area (Å²) < 4.78 is 11.1. The van der Waals surface area contributed by atoms with E-state index in [2.05, 4.69) is 31.1 Å². The van der Waals surface area contributed by atoms with Gasteiger partial charge in [0.25, 0.3) is 0 Å². The van der Waals surface area contributed by atoms with Crippen molar-refractivity contribution < 1.29 is 8.94 Å². The maximum absolute atomic E-state index is 5.17. The Morgan fingerprint density at radius 1 is 1.26 bits per heavy atom. The van der Waals surface area contributed by atoms with Gasteiger partial charge in [-0.2, -0.15) is 4.98 Å². The predicted molar refractivity (Wildman–Crippen MR) is 73.5 cm³/mol. The van der Waals surface area contributed by atoms with Crippen LogP contribution >= 0.6 is 27.7 Å². The van der Waals surface area contributed by atoms with Crippen LogP contribution < -0.4 is 0 Å².